The monoisotopic (exact) mass is 308 g/mol. The second-order valence-corrected chi connectivity index (χ2v) is 7.50. The molecule has 2 atom stereocenters. The maximum absolute atomic E-state index is 11.0. The fourth-order valence-corrected chi connectivity index (χ4v) is 3.67. The number of hydrogen-bond acceptors (Lipinski definition) is 3. The van der Waals surface area contributed by atoms with Gasteiger partial charge in [0, 0.05) is 0 Å². The third kappa shape index (κ3) is 4.56. The molecule has 1 aliphatic carbocycles. The van der Waals surface area contributed by atoms with Crippen LogP contribution < -0.4 is 0 Å². The topological polar surface area (TPSA) is 35.5 Å². The van der Waals surface area contributed by atoms with Gasteiger partial charge < -0.3 is 4.52 Å². The molecule has 1 saturated heterocycles. The van der Waals surface area contributed by atoms with Gasteiger partial charge in [0.2, 0.25) is 0 Å². The minimum Gasteiger partial charge on any atom is -0.307 e. The molecule has 0 aromatic carbocycles. The van der Waals surface area contributed by atoms with Crippen molar-refractivity contribution in [1.29, 1.82) is 0 Å². The van der Waals surface area contributed by atoms with Gasteiger partial charge in [-0.3, -0.25) is 9.09 Å². The molecule has 0 aromatic heterocycles. The van der Waals surface area contributed by atoms with Gasteiger partial charge in [0.25, 0.3) is 0 Å². The van der Waals surface area contributed by atoms with Crippen LogP contribution in [0.5, 0.6) is 0 Å². The number of allylic oxidation sites excluding steroid dienone is 4. The van der Waals surface area contributed by atoms with E-state index in [0.29, 0.717) is 6.61 Å². The first-order chi connectivity index (χ1) is 9.88. The molecular formula is C17H25O3P. The van der Waals surface area contributed by atoms with Crippen molar-refractivity contribution >= 4 is 8.25 Å². The summed E-state index contributed by atoms with van der Waals surface area (Å²) < 4.78 is 21.0. The van der Waals surface area contributed by atoms with E-state index in [1.54, 1.807) is 6.08 Å². The van der Waals surface area contributed by atoms with Crippen LogP contribution in [0.25, 0.3) is 0 Å². The quantitative estimate of drug-likeness (QED) is 0.419. The number of hydrogen-bond donors (Lipinski definition) is 0. The smallest absolute Gasteiger partial charge is 0.307 e. The maximum Gasteiger partial charge on any atom is 0.319 e. The Balaban J connectivity index is 2.09. The van der Waals surface area contributed by atoms with Gasteiger partial charge >= 0.3 is 8.25 Å². The fraction of sp³-hybridized carbons (Fsp3) is 0.588. The average Bonchev–Trinajstić information content (AvgIpc) is 2.81. The van der Waals surface area contributed by atoms with Crippen LogP contribution >= 0.6 is 8.25 Å². The van der Waals surface area contributed by atoms with E-state index in [1.807, 2.05) is 6.92 Å². The van der Waals surface area contributed by atoms with Crippen LogP contribution in [-0.2, 0) is 13.6 Å². The molecular weight excluding hydrogens is 283 g/mol. The Bertz CT molecular complexity index is 548. The number of rotatable bonds is 3. The van der Waals surface area contributed by atoms with E-state index in [-0.39, 0.29) is 11.5 Å². The van der Waals surface area contributed by atoms with E-state index >= 15 is 0 Å². The zero-order valence-electron chi connectivity index (χ0n) is 13.4. The molecule has 0 saturated carbocycles. The van der Waals surface area contributed by atoms with Gasteiger partial charge in [-0.25, -0.2) is 0 Å². The Kier molecular flexibility index (Phi) is 5.46. The molecule has 0 spiro atoms. The van der Waals surface area contributed by atoms with Crippen LogP contribution in [0, 0.1) is 5.41 Å². The first-order valence-electron chi connectivity index (χ1n) is 7.53. The largest absolute Gasteiger partial charge is 0.319 e. The van der Waals surface area contributed by atoms with Gasteiger partial charge in [0.15, 0.2) is 0 Å². The van der Waals surface area contributed by atoms with Crippen LogP contribution in [0.2, 0.25) is 0 Å². The lowest BCUT2D eigenvalue weighted by atomic mass is 9.72. The highest BCUT2D eigenvalue weighted by Gasteiger charge is 2.26. The van der Waals surface area contributed by atoms with Gasteiger partial charge in [-0.15, -0.1) is 5.73 Å². The molecule has 4 heteroatoms. The maximum atomic E-state index is 11.0. The standard InChI is InChI=1S/C17H25O3P/c1-13(7-9-15-12-19-21(18)20-15)8-10-16-14(2)6-5-11-17(16,3)4/h8-10,15,21H,5-6,11-12H2,1-4H3/b10-8+. The third-order valence-corrected chi connectivity index (χ3v) is 5.05. The predicted octanol–water partition coefficient (Wildman–Crippen LogP) is 4.98. The summed E-state index contributed by atoms with van der Waals surface area (Å²) in [5.74, 6) is 0. The zero-order valence-corrected chi connectivity index (χ0v) is 14.4. The molecule has 2 aliphatic rings. The van der Waals surface area contributed by atoms with E-state index in [2.05, 4.69) is 38.7 Å². The summed E-state index contributed by atoms with van der Waals surface area (Å²) in [4.78, 5) is 0. The first-order valence-corrected chi connectivity index (χ1v) is 8.76. The Labute approximate surface area is 128 Å². The molecule has 21 heavy (non-hydrogen) atoms. The Morgan fingerprint density at radius 1 is 1.48 bits per heavy atom. The summed E-state index contributed by atoms with van der Waals surface area (Å²) in [6, 6.07) is 0. The van der Waals surface area contributed by atoms with Crippen molar-refractivity contribution in [2.75, 3.05) is 6.61 Å². The first kappa shape index (κ1) is 16.5. The minimum atomic E-state index is -2.26. The summed E-state index contributed by atoms with van der Waals surface area (Å²) >= 11 is 0. The van der Waals surface area contributed by atoms with Crippen molar-refractivity contribution in [2.24, 2.45) is 5.41 Å². The highest BCUT2D eigenvalue weighted by molar-refractivity contribution is 7.33. The molecule has 0 N–H and O–H groups in total. The van der Waals surface area contributed by atoms with E-state index in [1.165, 1.54) is 30.4 Å². The van der Waals surface area contributed by atoms with Crippen LogP contribution in [0.1, 0.15) is 47.0 Å². The Morgan fingerprint density at radius 2 is 2.24 bits per heavy atom. The van der Waals surface area contributed by atoms with Crippen LogP contribution in [0.15, 0.2) is 40.7 Å². The molecule has 0 aromatic rings. The van der Waals surface area contributed by atoms with E-state index < -0.39 is 8.25 Å². The molecule has 3 nitrogen and oxygen atoms in total. The van der Waals surface area contributed by atoms with Crippen LogP contribution in [0.4, 0.5) is 0 Å². The SMILES string of the molecule is CC(=C=CC1CO[PH](=O)O1)/C=C/C1=C(C)CCCC1(C)C. The second-order valence-electron chi connectivity index (χ2n) is 6.48. The summed E-state index contributed by atoms with van der Waals surface area (Å²) in [6.45, 7) is 9.23. The molecule has 0 amide bonds. The lowest BCUT2D eigenvalue weighted by Crippen LogP contribution is -2.19. The van der Waals surface area contributed by atoms with Gasteiger partial charge in [0.05, 0.1) is 6.61 Å². The second kappa shape index (κ2) is 6.94. The normalized spacial score (nSPS) is 28.8. The third-order valence-electron chi connectivity index (χ3n) is 4.15. The molecule has 1 fully saturated rings. The van der Waals surface area contributed by atoms with Crippen molar-refractivity contribution in [3.63, 3.8) is 0 Å². The van der Waals surface area contributed by atoms with E-state index in [4.69, 9.17) is 9.05 Å². The van der Waals surface area contributed by atoms with Crippen molar-refractivity contribution in [2.45, 2.75) is 53.1 Å². The lowest BCUT2D eigenvalue weighted by molar-refractivity contribution is 0.290. The highest BCUT2D eigenvalue weighted by Crippen LogP contribution is 2.40. The van der Waals surface area contributed by atoms with Gasteiger partial charge in [-0.2, -0.15) is 0 Å². The Morgan fingerprint density at radius 3 is 2.86 bits per heavy atom. The van der Waals surface area contributed by atoms with E-state index in [9.17, 15) is 4.57 Å². The van der Waals surface area contributed by atoms with Crippen molar-refractivity contribution in [1.82, 2.24) is 0 Å². The van der Waals surface area contributed by atoms with Gasteiger partial charge in [-0.1, -0.05) is 31.6 Å². The lowest BCUT2D eigenvalue weighted by Gasteiger charge is -2.32. The fourth-order valence-electron chi connectivity index (χ4n) is 2.92. The highest BCUT2D eigenvalue weighted by atomic mass is 31.1. The Hall–Kier alpha value is -0.850. The van der Waals surface area contributed by atoms with Crippen molar-refractivity contribution in [3.05, 3.63) is 40.7 Å². The predicted molar refractivity (Wildman–Crippen MR) is 86.6 cm³/mol. The van der Waals surface area contributed by atoms with Gasteiger partial charge in [-0.05, 0) is 55.7 Å². The summed E-state index contributed by atoms with van der Waals surface area (Å²) in [5.41, 5.74) is 7.41. The molecule has 0 bridgehead atoms. The average molecular weight is 308 g/mol. The molecule has 0 radical (unpaired) electrons. The summed E-state index contributed by atoms with van der Waals surface area (Å²) in [5, 5.41) is 0. The zero-order chi connectivity index (χ0) is 15.5. The van der Waals surface area contributed by atoms with Crippen molar-refractivity contribution in [3.8, 4) is 0 Å². The molecule has 2 unspecified atom stereocenters. The van der Waals surface area contributed by atoms with E-state index in [0.717, 1.165) is 5.57 Å². The molecule has 1 aliphatic heterocycles. The van der Waals surface area contributed by atoms with Crippen LogP contribution in [-0.4, -0.2) is 12.7 Å². The van der Waals surface area contributed by atoms with Crippen molar-refractivity contribution < 1.29 is 13.6 Å². The molecule has 1 heterocycles. The molecule has 2 rings (SSSR count). The summed E-state index contributed by atoms with van der Waals surface area (Å²) in [7, 11) is -2.26. The van der Waals surface area contributed by atoms with Crippen LogP contribution in [0.3, 0.4) is 0 Å². The van der Waals surface area contributed by atoms with Gasteiger partial charge in [0.1, 0.15) is 6.10 Å². The minimum absolute atomic E-state index is 0.230. The summed E-state index contributed by atoms with van der Waals surface area (Å²) in [6.07, 6.45) is 9.60. The molecule has 116 valence electrons.